The number of carbonyl (C=O) groups excluding carboxylic acids is 4. The van der Waals surface area contributed by atoms with Crippen LogP contribution in [0.3, 0.4) is 0 Å². The molecule has 2 aromatic carbocycles. The van der Waals surface area contributed by atoms with Crippen LogP contribution in [0.1, 0.15) is 55.3 Å². The normalized spacial score (nSPS) is 16.0. The molecule has 1 N–H and O–H groups in total. The predicted molar refractivity (Wildman–Crippen MR) is 131 cm³/mol. The molecule has 0 unspecified atom stereocenters. The van der Waals surface area contributed by atoms with Crippen LogP contribution in [0, 0.1) is 5.92 Å². The maximum atomic E-state index is 13.7. The standard InChI is InChI=1S/C24H26BrN2O8S/c1-14(2)19(22(30)35-26-36(32,33)18-13-9-8-12-17(18)25)27(23(31)34-24(3,4)5)20(28)15-10-6-7-11-16(15)21(27)29/h6-14,19,26H,1-5H3/q+1/t19-/m0/s1. The molecule has 192 valence electrons. The van der Waals surface area contributed by atoms with Gasteiger partial charge in [0.15, 0.2) is 0 Å². The third-order valence-electron chi connectivity index (χ3n) is 5.38. The minimum atomic E-state index is -4.35. The molecule has 3 rings (SSSR count). The fourth-order valence-corrected chi connectivity index (χ4v) is 5.72. The number of hydrogen-bond donors (Lipinski definition) is 1. The summed E-state index contributed by atoms with van der Waals surface area (Å²) in [6.45, 7) is 7.65. The van der Waals surface area contributed by atoms with Crippen LogP contribution in [0.15, 0.2) is 57.9 Å². The minimum Gasteiger partial charge on any atom is -0.414 e. The summed E-state index contributed by atoms with van der Waals surface area (Å²) in [4.78, 5) is 60.7. The van der Waals surface area contributed by atoms with Crippen LogP contribution in [-0.4, -0.2) is 48.4 Å². The van der Waals surface area contributed by atoms with Crippen molar-refractivity contribution in [3.05, 3.63) is 64.1 Å². The van der Waals surface area contributed by atoms with Crippen LogP contribution in [0.25, 0.3) is 0 Å². The highest BCUT2D eigenvalue weighted by Crippen LogP contribution is 2.38. The van der Waals surface area contributed by atoms with E-state index in [0.29, 0.717) is 0 Å². The first kappa shape index (κ1) is 27.7. The molecule has 12 heteroatoms. The van der Waals surface area contributed by atoms with Gasteiger partial charge in [0, 0.05) is 10.4 Å². The van der Waals surface area contributed by atoms with Crippen molar-refractivity contribution in [2.24, 2.45) is 5.92 Å². The highest BCUT2D eigenvalue weighted by atomic mass is 79.9. The molecular weight excluding hydrogens is 556 g/mol. The van der Waals surface area contributed by atoms with E-state index in [1.807, 2.05) is 0 Å². The van der Waals surface area contributed by atoms with Crippen LogP contribution in [-0.2, 0) is 24.4 Å². The van der Waals surface area contributed by atoms with E-state index in [2.05, 4.69) is 15.9 Å². The summed E-state index contributed by atoms with van der Waals surface area (Å²) in [6, 6.07) is 9.86. The van der Waals surface area contributed by atoms with Gasteiger partial charge < -0.3 is 9.57 Å². The Bertz CT molecular complexity index is 1310. The van der Waals surface area contributed by atoms with E-state index >= 15 is 0 Å². The Morgan fingerprint density at radius 2 is 1.44 bits per heavy atom. The molecule has 0 aliphatic carbocycles. The van der Waals surface area contributed by atoms with Gasteiger partial charge in [0.2, 0.25) is 6.04 Å². The zero-order valence-corrected chi connectivity index (χ0v) is 22.7. The van der Waals surface area contributed by atoms with E-state index < -0.39 is 55.9 Å². The van der Waals surface area contributed by atoms with Gasteiger partial charge in [-0.3, -0.25) is 0 Å². The lowest BCUT2D eigenvalue weighted by atomic mass is 10.00. The van der Waals surface area contributed by atoms with Crippen LogP contribution in [0.4, 0.5) is 4.79 Å². The number of ether oxygens (including phenoxy) is 1. The summed E-state index contributed by atoms with van der Waals surface area (Å²) in [5.41, 5.74) is -1.22. The molecule has 0 spiro atoms. The number of benzene rings is 2. The second kappa shape index (κ2) is 9.85. The lowest BCUT2D eigenvalue weighted by Gasteiger charge is -2.35. The largest absolute Gasteiger partial charge is 0.533 e. The fraction of sp³-hybridized carbons (Fsp3) is 0.333. The van der Waals surface area contributed by atoms with E-state index in [1.54, 1.807) is 31.7 Å². The highest BCUT2D eigenvalue weighted by molar-refractivity contribution is 9.10. The van der Waals surface area contributed by atoms with E-state index in [4.69, 9.17) is 9.57 Å². The van der Waals surface area contributed by atoms with Gasteiger partial charge in [-0.1, -0.05) is 42.6 Å². The van der Waals surface area contributed by atoms with Gasteiger partial charge in [0.05, 0.1) is 16.0 Å². The van der Waals surface area contributed by atoms with Crippen molar-refractivity contribution < 1.29 is 41.7 Å². The molecule has 0 aromatic heterocycles. The summed E-state index contributed by atoms with van der Waals surface area (Å²) < 4.78 is 29.5. The Hall–Kier alpha value is -2.93. The first-order valence-electron chi connectivity index (χ1n) is 10.9. The Labute approximate surface area is 217 Å². The van der Waals surface area contributed by atoms with Crippen molar-refractivity contribution in [3.8, 4) is 0 Å². The van der Waals surface area contributed by atoms with Crippen molar-refractivity contribution in [2.75, 3.05) is 0 Å². The van der Waals surface area contributed by atoms with Crippen LogP contribution in [0.2, 0.25) is 0 Å². The molecule has 0 bridgehead atoms. The lowest BCUT2D eigenvalue weighted by molar-refractivity contribution is -0.714. The zero-order chi connectivity index (χ0) is 27.1. The SMILES string of the molecule is CC(C)[C@@H](C(=O)ONS(=O)(=O)c1ccccc1Br)[N+]1(C(=O)OC(C)(C)C)C(=O)c2ccccc2C1=O. The maximum Gasteiger partial charge on any atom is 0.533 e. The molecule has 1 heterocycles. The molecule has 2 aromatic rings. The number of imide groups is 3. The molecule has 0 saturated heterocycles. The number of nitrogens with one attached hydrogen (secondary N) is 1. The van der Waals surface area contributed by atoms with E-state index in [9.17, 15) is 27.6 Å². The number of carbonyl (C=O) groups is 4. The number of rotatable bonds is 6. The summed E-state index contributed by atoms with van der Waals surface area (Å²) >= 11 is 3.12. The van der Waals surface area contributed by atoms with Gasteiger partial charge >= 0.3 is 23.9 Å². The third-order valence-corrected chi connectivity index (χ3v) is 7.57. The molecule has 10 nitrogen and oxygen atoms in total. The topological polar surface area (TPSA) is 133 Å². The number of fused-ring (bicyclic) bond motifs is 1. The van der Waals surface area contributed by atoms with Crippen molar-refractivity contribution >= 4 is 49.8 Å². The second-order valence-corrected chi connectivity index (χ2v) is 12.0. The summed E-state index contributed by atoms with van der Waals surface area (Å²) in [6.07, 6.45) is -1.27. The average molecular weight is 582 g/mol. The van der Waals surface area contributed by atoms with Gasteiger partial charge in [0.1, 0.15) is 5.60 Å². The molecule has 36 heavy (non-hydrogen) atoms. The third kappa shape index (κ3) is 4.85. The number of nitrogens with zero attached hydrogens (tertiary/aromatic N) is 1. The number of quaternary nitrogens is 1. The molecule has 0 radical (unpaired) electrons. The molecule has 1 aliphatic heterocycles. The van der Waals surface area contributed by atoms with E-state index in [-0.39, 0.29) is 20.5 Å². The van der Waals surface area contributed by atoms with Gasteiger partial charge in [-0.25, -0.2) is 22.8 Å². The van der Waals surface area contributed by atoms with E-state index in [0.717, 1.165) is 0 Å². The fourth-order valence-electron chi connectivity index (χ4n) is 3.94. The second-order valence-electron chi connectivity index (χ2n) is 9.49. The predicted octanol–water partition coefficient (Wildman–Crippen LogP) is 3.96. The van der Waals surface area contributed by atoms with Crippen LogP contribution in [0.5, 0.6) is 0 Å². The zero-order valence-electron chi connectivity index (χ0n) is 20.3. The molecule has 1 aliphatic rings. The number of sulfonamides is 1. The molecule has 0 fully saturated rings. The molecule has 0 saturated carbocycles. The average Bonchev–Trinajstić information content (AvgIpc) is 3.00. The smallest absolute Gasteiger partial charge is 0.414 e. The molecular formula is C24H26BrN2O8S+. The van der Waals surface area contributed by atoms with Gasteiger partial charge in [-0.05, 0) is 65.9 Å². The Morgan fingerprint density at radius 1 is 0.944 bits per heavy atom. The summed E-state index contributed by atoms with van der Waals surface area (Å²) in [5.74, 6) is -4.07. The molecule has 3 amide bonds. The number of hydrogen-bond acceptors (Lipinski definition) is 8. The number of amides is 3. The van der Waals surface area contributed by atoms with Crippen LogP contribution < -0.4 is 4.89 Å². The Morgan fingerprint density at radius 3 is 1.92 bits per heavy atom. The van der Waals surface area contributed by atoms with Crippen LogP contribution >= 0.6 is 15.9 Å². The van der Waals surface area contributed by atoms with Crippen molar-refractivity contribution in [1.82, 2.24) is 4.89 Å². The Kier molecular flexibility index (Phi) is 7.56. The first-order chi connectivity index (χ1) is 16.6. The highest BCUT2D eigenvalue weighted by Gasteiger charge is 2.69. The quantitative estimate of drug-likeness (QED) is 0.308. The Balaban J connectivity index is 2.07. The van der Waals surface area contributed by atoms with Crippen molar-refractivity contribution in [2.45, 2.75) is 51.2 Å². The van der Waals surface area contributed by atoms with Crippen molar-refractivity contribution in [3.63, 3.8) is 0 Å². The summed E-state index contributed by atoms with van der Waals surface area (Å²) in [5, 5.41) is 0. The van der Waals surface area contributed by atoms with Gasteiger partial charge in [-0.15, -0.1) is 0 Å². The van der Waals surface area contributed by atoms with E-state index in [1.165, 1.54) is 56.3 Å². The summed E-state index contributed by atoms with van der Waals surface area (Å²) in [7, 11) is -4.35. The van der Waals surface area contributed by atoms with Gasteiger partial charge in [0.25, 0.3) is 10.0 Å². The lowest BCUT2D eigenvalue weighted by Crippen LogP contribution is -2.68. The number of halogens is 1. The maximum absolute atomic E-state index is 13.7. The van der Waals surface area contributed by atoms with Crippen molar-refractivity contribution in [1.29, 1.82) is 0 Å². The first-order valence-corrected chi connectivity index (χ1v) is 13.2. The monoisotopic (exact) mass is 581 g/mol. The van der Waals surface area contributed by atoms with Gasteiger partial charge in [-0.2, -0.15) is 4.79 Å². The minimum absolute atomic E-state index is 0.0550. The molecule has 1 atom stereocenters.